The highest BCUT2D eigenvalue weighted by atomic mass is 16.3. The lowest BCUT2D eigenvalue weighted by Gasteiger charge is -2.42. The molecule has 0 saturated heterocycles. The van der Waals surface area contributed by atoms with Crippen LogP contribution in [0.2, 0.25) is 0 Å². The summed E-state index contributed by atoms with van der Waals surface area (Å²) in [5.41, 5.74) is 9.66. The fourth-order valence-corrected chi connectivity index (χ4v) is 5.12. The maximum atomic E-state index is 12.6. The van der Waals surface area contributed by atoms with Crippen LogP contribution < -0.4 is 5.32 Å². The summed E-state index contributed by atoms with van der Waals surface area (Å²) in [6, 6.07) is 19.1. The molecule has 3 heteroatoms. The van der Waals surface area contributed by atoms with E-state index in [9.17, 15) is 9.90 Å². The predicted octanol–water partition coefficient (Wildman–Crippen LogP) is 8.25. The van der Waals surface area contributed by atoms with Crippen molar-refractivity contribution in [3.05, 3.63) is 94.0 Å². The molecule has 1 aliphatic carbocycles. The first kappa shape index (κ1) is 24.8. The van der Waals surface area contributed by atoms with Crippen molar-refractivity contribution in [3.8, 4) is 5.75 Å². The molecule has 0 heterocycles. The van der Waals surface area contributed by atoms with Crippen LogP contribution in [0.4, 0.5) is 5.69 Å². The molecule has 0 atom stereocenters. The molecule has 35 heavy (non-hydrogen) atoms. The maximum Gasteiger partial charge on any atom is 0.255 e. The molecule has 0 spiro atoms. The summed E-state index contributed by atoms with van der Waals surface area (Å²) < 4.78 is 0. The second-order valence-corrected chi connectivity index (χ2v) is 11.1. The van der Waals surface area contributed by atoms with E-state index in [0.29, 0.717) is 11.3 Å². The summed E-state index contributed by atoms with van der Waals surface area (Å²) in [5, 5.41) is 12.3. The van der Waals surface area contributed by atoms with Crippen LogP contribution in [0.25, 0.3) is 11.6 Å². The number of aryl methyl sites for hydroxylation is 1. The first-order valence-electron chi connectivity index (χ1n) is 12.6. The zero-order valence-electron chi connectivity index (χ0n) is 21.8. The maximum absolute atomic E-state index is 12.6. The molecule has 0 aliphatic heterocycles. The molecule has 3 nitrogen and oxygen atoms in total. The zero-order chi connectivity index (χ0) is 25.4. The van der Waals surface area contributed by atoms with Crippen molar-refractivity contribution < 1.29 is 9.90 Å². The molecule has 182 valence electrons. The van der Waals surface area contributed by atoms with Crippen LogP contribution in [0.5, 0.6) is 5.75 Å². The quantitative estimate of drug-likeness (QED) is 0.293. The van der Waals surface area contributed by atoms with E-state index in [1.54, 1.807) is 24.3 Å². The number of allylic oxidation sites excluding steroid dienone is 1. The molecule has 0 fully saturated rings. The van der Waals surface area contributed by atoms with Crippen LogP contribution in [-0.4, -0.2) is 11.0 Å². The Balaban J connectivity index is 1.61. The fourth-order valence-electron chi connectivity index (χ4n) is 5.12. The third kappa shape index (κ3) is 5.19. The Bertz CT molecular complexity index is 1260. The first-order chi connectivity index (χ1) is 16.5. The first-order valence-corrected chi connectivity index (χ1v) is 12.6. The number of rotatable bonds is 5. The van der Waals surface area contributed by atoms with Gasteiger partial charge in [0.15, 0.2) is 0 Å². The summed E-state index contributed by atoms with van der Waals surface area (Å²) in [6.07, 6.45) is 5.60. The monoisotopic (exact) mass is 467 g/mol. The molecule has 1 amide bonds. The average Bonchev–Trinajstić information content (AvgIpc) is 2.82. The van der Waals surface area contributed by atoms with E-state index in [2.05, 4.69) is 65.1 Å². The van der Waals surface area contributed by atoms with Gasteiger partial charge >= 0.3 is 0 Å². The van der Waals surface area contributed by atoms with Crippen LogP contribution in [0.15, 0.2) is 60.7 Å². The Hall–Kier alpha value is -3.33. The highest BCUT2D eigenvalue weighted by Gasteiger charge is 2.37. The van der Waals surface area contributed by atoms with Crippen molar-refractivity contribution in [1.82, 2.24) is 0 Å². The summed E-state index contributed by atoms with van der Waals surface area (Å²) >= 11 is 0. The van der Waals surface area contributed by atoms with Crippen LogP contribution in [0.3, 0.4) is 0 Å². The molecule has 0 saturated carbocycles. The zero-order valence-corrected chi connectivity index (χ0v) is 21.8. The lowest BCUT2D eigenvalue weighted by Crippen LogP contribution is -2.34. The lowest BCUT2D eigenvalue weighted by atomic mass is 9.62. The molecule has 3 aromatic carbocycles. The molecule has 2 N–H and O–H groups in total. The van der Waals surface area contributed by atoms with E-state index in [1.165, 1.54) is 40.7 Å². The van der Waals surface area contributed by atoms with Gasteiger partial charge in [-0.15, -0.1) is 0 Å². The molecule has 3 aromatic rings. The van der Waals surface area contributed by atoms with E-state index in [1.807, 2.05) is 24.3 Å². The van der Waals surface area contributed by atoms with Crippen molar-refractivity contribution in [2.75, 3.05) is 5.32 Å². The van der Waals surface area contributed by atoms with Crippen molar-refractivity contribution in [1.29, 1.82) is 0 Å². The van der Waals surface area contributed by atoms with Crippen molar-refractivity contribution in [2.24, 2.45) is 0 Å². The fraction of sp³-hybridized carbons (Fsp3) is 0.344. The molecule has 0 bridgehead atoms. The third-order valence-corrected chi connectivity index (χ3v) is 7.56. The number of aromatic hydroxyl groups is 1. The Labute approximate surface area is 209 Å². The van der Waals surface area contributed by atoms with Gasteiger partial charge in [-0.2, -0.15) is 0 Å². The van der Waals surface area contributed by atoms with Gasteiger partial charge in [0.2, 0.25) is 0 Å². The number of phenols is 1. The van der Waals surface area contributed by atoms with Crippen LogP contribution in [0, 0.1) is 6.92 Å². The predicted molar refractivity (Wildman–Crippen MR) is 147 cm³/mol. The molecule has 0 aromatic heterocycles. The number of phenolic OH excluding ortho intramolecular Hbond substituents is 1. The standard InChI is InChI=1S/C32H37NO2/c1-7-23(27-20-29-28(18-21(27)2)31(3,4)16-17-32(29,5)6)19-22-8-10-24(11-9-22)30(35)33-25-12-14-26(34)15-13-25/h8-15,18-20,34H,7,16-17H2,1-6H3,(H,33,35). The number of nitrogens with one attached hydrogen (secondary N) is 1. The molecule has 4 rings (SSSR count). The number of hydrogen-bond acceptors (Lipinski definition) is 2. The minimum absolute atomic E-state index is 0.169. The van der Waals surface area contributed by atoms with E-state index in [0.717, 1.165) is 12.0 Å². The van der Waals surface area contributed by atoms with Gasteiger partial charge in [-0.1, -0.05) is 65.0 Å². The summed E-state index contributed by atoms with van der Waals surface area (Å²) in [6.45, 7) is 13.9. The Morgan fingerprint density at radius 3 is 2.06 bits per heavy atom. The third-order valence-electron chi connectivity index (χ3n) is 7.56. The molecule has 0 unspecified atom stereocenters. The van der Waals surface area contributed by atoms with Gasteiger partial charge in [0.05, 0.1) is 0 Å². The number of hydrogen-bond donors (Lipinski definition) is 2. The molecular formula is C32H37NO2. The van der Waals surface area contributed by atoms with Gasteiger partial charge in [-0.05, 0) is 107 Å². The Kier molecular flexibility index (Phi) is 6.64. The summed E-state index contributed by atoms with van der Waals surface area (Å²) in [4.78, 5) is 12.6. The SMILES string of the molecule is CCC(=Cc1ccc(C(=O)Nc2ccc(O)cc2)cc1)c1cc2c(cc1C)C(C)(C)CCC2(C)C. The number of anilines is 1. The van der Waals surface area contributed by atoms with Crippen molar-refractivity contribution in [2.45, 2.75) is 71.6 Å². The normalized spacial score (nSPS) is 16.5. The number of benzene rings is 3. The average molecular weight is 468 g/mol. The van der Waals surface area contributed by atoms with Gasteiger partial charge in [-0.3, -0.25) is 4.79 Å². The van der Waals surface area contributed by atoms with E-state index in [-0.39, 0.29) is 22.5 Å². The van der Waals surface area contributed by atoms with Gasteiger partial charge in [-0.25, -0.2) is 0 Å². The van der Waals surface area contributed by atoms with E-state index < -0.39 is 0 Å². The topological polar surface area (TPSA) is 49.3 Å². The second kappa shape index (κ2) is 9.37. The Morgan fingerprint density at radius 2 is 1.49 bits per heavy atom. The number of fused-ring (bicyclic) bond motifs is 1. The van der Waals surface area contributed by atoms with E-state index >= 15 is 0 Å². The number of amides is 1. The van der Waals surface area contributed by atoms with Crippen LogP contribution >= 0.6 is 0 Å². The van der Waals surface area contributed by atoms with Gasteiger partial charge in [0.1, 0.15) is 5.75 Å². The largest absolute Gasteiger partial charge is 0.508 e. The highest BCUT2D eigenvalue weighted by molar-refractivity contribution is 6.04. The molecular weight excluding hydrogens is 430 g/mol. The van der Waals surface area contributed by atoms with Gasteiger partial charge in [0.25, 0.3) is 5.91 Å². The summed E-state index contributed by atoms with van der Waals surface area (Å²) in [7, 11) is 0. The lowest BCUT2D eigenvalue weighted by molar-refractivity contribution is 0.102. The smallest absolute Gasteiger partial charge is 0.255 e. The van der Waals surface area contributed by atoms with Crippen molar-refractivity contribution >= 4 is 23.2 Å². The van der Waals surface area contributed by atoms with Gasteiger partial charge < -0.3 is 10.4 Å². The molecule has 1 aliphatic rings. The summed E-state index contributed by atoms with van der Waals surface area (Å²) in [5.74, 6) is 0.00428. The molecule has 0 radical (unpaired) electrons. The van der Waals surface area contributed by atoms with Crippen molar-refractivity contribution in [3.63, 3.8) is 0 Å². The minimum atomic E-state index is -0.169. The number of carbonyl (C=O) groups excluding carboxylic acids is 1. The number of carbonyl (C=O) groups is 1. The minimum Gasteiger partial charge on any atom is -0.508 e. The highest BCUT2D eigenvalue weighted by Crippen LogP contribution is 2.47. The Morgan fingerprint density at radius 1 is 0.914 bits per heavy atom. The van der Waals surface area contributed by atoms with Gasteiger partial charge in [0, 0.05) is 11.3 Å². The van der Waals surface area contributed by atoms with E-state index in [4.69, 9.17) is 0 Å². The second-order valence-electron chi connectivity index (χ2n) is 11.1. The van der Waals surface area contributed by atoms with Crippen LogP contribution in [0.1, 0.15) is 92.1 Å². The van der Waals surface area contributed by atoms with Crippen LogP contribution in [-0.2, 0) is 10.8 Å².